The number of anilines is 4. The molecule has 1 aromatic carbocycles. The molecule has 0 bridgehead atoms. The van der Waals surface area contributed by atoms with Crippen LogP contribution >= 0.6 is 0 Å². The van der Waals surface area contributed by atoms with E-state index >= 15 is 0 Å². The second kappa shape index (κ2) is 10.7. The average Bonchev–Trinajstić information content (AvgIpc) is 3.61. The molecule has 5 heterocycles. The van der Waals surface area contributed by atoms with Gasteiger partial charge in [-0.3, -0.25) is 9.11 Å². The van der Waals surface area contributed by atoms with E-state index < -0.39 is 22.4 Å². The number of hydrogen-bond acceptors (Lipinski definition) is 11. The first-order valence-corrected chi connectivity index (χ1v) is 14.2. The van der Waals surface area contributed by atoms with Crippen molar-refractivity contribution in [2.75, 3.05) is 84.7 Å². The summed E-state index contributed by atoms with van der Waals surface area (Å²) >= 11 is 0. The molecule has 12 nitrogen and oxygen atoms in total. The van der Waals surface area contributed by atoms with Gasteiger partial charge in [0.25, 0.3) is 5.78 Å². The number of fused-ring (bicyclic) bond motifs is 1. The molecule has 2 saturated heterocycles. The molecule has 0 atom stereocenters. The molecule has 2 aliphatic rings. The van der Waals surface area contributed by atoms with E-state index in [1.165, 1.54) is 10.8 Å². The van der Waals surface area contributed by atoms with Gasteiger partial charge >= 0.3 is 0 Å². The van der Waals surface area contributed by atoms with Gasteiger partial charge in [-0.2, -0.15) is 19.5 Å². The molecule has 3 N–H and O–H groups in total. The topological polar surface area (TPSA) is 134 Å². The van der Waals surface area contributed by atoms with Gasteiger partial charge in [-0.15, -0.1) is 5.10 Å². The van der Waals surface area contributed by atoms with Crippen molar-refractivity contribution in [1.82, 2.24) is 29.5 Å². The molecule has 0 radical (unpaired) electrons. The minimum atomic E-state index is -0.871. The number of nitrogens with two attached hydrogens (primary N) is 1. The van der Waals surface area contributed by atoms with Crippen molar-refractivity contribution in [3.8, 4) is 11.6 Å². The third-order valence-corrected chi connectivity index (χ3v) is 8.21. The van der Waals surface area contributed by atoms with Gasteiger partial charge in [0.05, 0.1) is 17.6 Å². The van der Waals surface area contributed by atoms with Crippen molar-refractivity contribution in [1.29, 1.82) is 0 Å². The number of rotatable bonds is 7. The van der Waals surface area contributed by atoms with Crippen molar-refractivity contribution in [3.05, 3.63) is 42.2 Å². The lowest BCUT2D eigenvalue weighted by Gasteiger charge is -2.37. The van der Waals surface area contributed by atoms with E-state index in [9.17, 15) is 13.0 Å². The van der Waals surface area contributed by atoms with Gasteiger partial charge in [-0.25, -0.2) is 8.78 Å². The van der Waals surface area contributed by atoms with Gasteiger partial charge < -0.3 is 25.3 Å². The van der Waals surface area contributed by atoms with Gasteiger partial charge in [-0.1, -0.05) is 0 Å². The second-order valence-corrected chi connectivity index (χ2v) is 11.1. The van der Waals surface area contributed by atoms with Crippen LogP contribution in [0.15, 0.2) is 34.9 Å². The highest BCUT2D eigenvalue weighted by atomic mass is 32.2. The number of hydrogen-bond donors (Lipinski definition) is 2. The zero-order valence-electron chi connectivity index (χ0n) is 21.1. The van der Waals surface area contributed by atoms with Crippen LogP contribution in [0.3, 0.4) is 0 Å². The fraction of sp³-hybridized carbons (Fsp3) is 0.417. The Kier molecular flexibility index (Phi) is 6.99. The molecule has 206 valence electrons. The van der Waals surface area contributed by atoms with E-state index in [1.807, 2.05) is 9.80 Å². The highest BCUT2D eigenvalue weighted by molar-refractivity contribution is 7.85. The number of aromatic nitrogens is 5. The molecule has 3 aromatic heterocycles. The van der Waals surface area contributed by atoms with E-state index in [4.69, 9.17) is 10.2 Å². The Morgan fingerprint density at radius 2 is 1.69 bits per heavy atom. The SMILES string of the molecule is Nc1nc(NCCN2CCN(c3cc(N4CCS(=O)CC4)c(F)cc3F)CC2)nc2nc(-c3ccco3)nn12. The highest BCUT2D eigenvalue weighted by Gasteiger charge is 2.24. The Labute approximate surface area is 225 Å². The van der Waals surface area contributed by atoms with Crippen LogP contribution in [0.4, 0.5) is 32.1 Å². The Hall–Kier alpha value is -3.85. The summed E-state index contributed by atoms with van der Waals surface area (Å²) in [6.45, 7) is 4.94. The van der Waals surface area contributed by atoms with E-state index in [2.05, 4.69) is 30.3 Å². The van der Waals surface area contributed by atoms with Crippen molar-refractivity contribution in [2.45, 2.75) is 0 Å². The molecule has 2 aliphatic heterocycles. The lowest BCUT2D eigenvalue weighted by molar-refractivity contribution is 0.266. The quantitative estimate of drug-likeness (QED) is 0.341. The maximum absolute atomic E-state index is 14.7. The first kappa shape index (κ1) is 25.4. The van der Waals surface area contributed by atoms with Crippen LogP contribution in [0.1, 0.15) is 0 Å². The van der Waals surface area contributed by atoms with Crippen molar-refractivity contribution in [3.63, 3.8) is 0 Å². The van der Waals surface area contributed by atoms with E-state index in [0.29, 0.717) is 85.5 Å². The molecule has 0 spiro atoms. The van der Waals surface area contributed by atoms with Crippen LogP contribution in [0.25, 0.3) is 17.4 Å². The summed E-state index contributed by atoms with van der Waals surface area (Å²) in [5.74, 6) is 1.52. The summed E-state index contributed by atoms with van der Waals surface area (Å²) in [7, 11) is -0.871. The lowest BCUT2D eigenvalue weighted by Crippen LogP contribution is -2.48. The number of benzene rings is 1. The van der Waals surface area contributed by atoms with E-state index in [-0.39, 0.29) is 5.95 Å². The summed E-state index contributed by atoms with van der Waals surface area (Å²) in [5.41, 5.74) is 6.82. The van der Waals surface area contributed by atoms with Gasteiger partial charge in [0.15, 0.2) is 5.76 Å². The third-order valence-electron chi connectivity index (χ3n) is 6.93. The number of piperazine rings is 1. The summed E-state index contributed by atoms with van der Waals surface area (Å²) in [6.07, 6.45) is 1.54. The minimum absolute atomic E-state index is 0.153. The number of halogens is 2. The molecule has 0 saturated carbocycles. The average molecular weight is 559 g/mol. The highest BCUT2D eigenvalue weighted by Crippen LogP contribution is 2.30. The van der Waals surface area contributed by atoms with Crippen molar-refractivity contribution in [2.24, 2.45) is 0 Å². The molecule has 0 aliphatic carbocycles. The van der Waals surface area contributed by atoms with E-state index in [1.54, 1.807) is 18.2 Å². The maximum Gasteiger partial charge on any atom is 0.259 e. The van der Waals surface area contributed by atoms with Gasteiger partial charge in [0.2, 0.25) is 17.7 Å². The van der Waals surface area contributed by atoms with Crippen molar-refractivity contribution >= 4 is 39.8 Å². The van der Waals surface area contributed by atoms with Crippen LogP contribution < -0.4 is 20.9 Å². The van der Waals surface area contributed by atoms with Crippen LogP contribution in [-0.2, 0) is 10.8 Å². The normalized spacial score (nSPS) is 17.3. The number of nitrogens with zero attached hydrogens (tertiary/aromatic N) is 8. The molecular formula is C24H28F2N10O2S. The van der Waals surface area contributed by atoms with E-state index in [0.717, 1.165) is 19.2 Å². The second-order valence-electron chi connectivity index (χ2n) is 9.38. The Bertz CT molecular complexity index is 1480. The lowest BCUT2D eigenvalue weighted by atomic mass is 10.2. The minimum Gasteiger partial charge on any atom is -0.461 e. The van der Waals surface area contributed by atoms with Gasteiger partial charge in [-0.05, 0) is 18.2 Å². The summed E-state index contributed by atoms with van der Waals surface area (Å²) in [5, 5.41) is 7.47. The zero-order chi connectivity index (χ0) is 26.9. The van der Waals surface area contributed by atoms with Crippen LogP contribution in [0.5, 0.6) is 0 Å². The first-order chi connectivity index (χ1) is 18.9. The van der Waals surface area contributed by atoms with Crippen LogP contribution in [-0.4, -0.2) is 97.5 Å². The largest absolute Gasteiger partial charge is 0.461 e. The molecule has 39 heavy (non-hydrogen) atoms. The number of furan rings is 1. The molecule has 0 amide bonds. The number of nitrogen functional groups attached to an aromatic ring is 1. The smallest absolute Gasteiger partial charge is 0.259 e. The molecule has 4 aromatic rings. The summed E-state index contributed by atoms with van der Waals surface area (Å²) < 4.78 is 47.7. The predicted molar refractivity (Wildman–Crippen MR) is 144 cm³/mol. The fourth-order valence-corrected chi connectivity index (χ4v) is 5.88. The van der Waals surface area contributed by atoms with Crippen molar-refractivity contribution < 1.29 is 17.4 Å². The third kappa shape index (κ3) is 5.36. The number of nitrogens with one attached hydrogen (secondary N) is 1. The Morgan fingerprint density at radius 3 is 2.38 bits per heavy atom. The van der Waals surface area contributed by atoms with Gasteiger partial charge in [0, 0.05) is 80.7 Å². The summed E-state index contributed by atoms with van der Waals surface area (Å²) in [4.78, 5) is 19.1. The molecular weight excluding hydrogens is 530 g/mol. The fourth-order valence-electron chi connectivity index (χ4n) is 4.82. The van der Waals surface area contributed by atoms with Crippen LogP contribution in [0, 0.1) is 11.6 Å². The molecule has 6 rings (SSSR count). The standard InChI is InChI=1S/C24H28F2N10O2S/c25-16-14-17(26)19(35-9-12-39(37)13-10-35)15-18(16)34-7-5-33(6-8-34)4-3-28-23-30-22(27)36-24(31-23)29-21(32-36)20-2-1-11-38-20/h1-2,11,14-15H,3-10,12-13H2,(H3,27,28,29,30,31,32). The molecule has 2 fully saturated rings. The molecule has 0 unspecified atom stereocenters. The monoisotopic (exact) mass is 558 g/mol. The maximum atomic E-state index is 14.7. The summed E-state index contributed by atoms with van der Waals surface area (Å²) in [6, 6.07) is 6.05. The first-order valence-electron chi connectivity index (χ1n) is 12.7. The zero-order valence-corrected chi connectivity index (χ0v) is 21.9. The Morgan fingerprint density at radius 1 is 0.974 bits per heavy atom. The van der Waals surface area contributed by atoms with Crippen LogP contribution in [0.2, 0.25) is 0 Å². The predicted octanol–water partition coefficient (Wildman–Crippen LogP) is 1.44. The van der Waals surface area contributed by atoms with Gasteiger partial charge in [0.1, 0.15) is 11.6 Å². The molecule has 15 heteroatoms. The Balaban J connectivity index is 1.04.